The molecule has 0 atom stereocenters. The quantitative estimate of drug-likeness (QED) is 0.502. The fourth-order valence-corrected chi connectivity index (χ4v) is 2.00. The van der Waals surface area contributed by atoms with Crippen molar-refractivity contribution >= 4 is 16.7 Å². The monoisotopic (exact) mass is 260 g/mol. The highest BCUT2D eigenvalue weighted by Crippen LogP contribution is 2.27. The van der Waals surface area contributed by atoms with Crippen LogP contribution in [0.25, 0.3) is 11.0 Å². The third-order valence-corrected chi connectivity index (χ3v) is 2.81. The maximum Gasteiger partial charge on any atom is 0.349 e. The summed E-state index contributed by atoms with van der Waals surface area (Å²) < 4.78 is 5.22. The summed E-state index contributed by atoms with van der Waals surface area (Å²) in [6, 6.07) is 6.88. The first-order valence-corrected chi connectivity index (χ1v) is 6.17. The SMILES string of the molecule is CCC/C(=N/NC)c1c(O)c2ccccc2oc1=O. The summed E-state index contributed by atoms with van der Waals surface area (Å²) in [6.07, 6.45) is 1.39. The first-order chi connectivity index (χ1) is 9.19. The van der Waals surface area contributed by atoms with Crippen molar-refractivity contribution in [2.45, 2.75) is 19.8 Å². The number of rotatable bonds is 4. The number of nitrogens with zero attached hydrogens (tertiary/aromatic N) is 1. The molecule has 0 bridgehead atoms. The lowest BCUT2D eigenvalue weighted by molar-refractivity contribution is 0.465. The Kier molecular flexibility index (Phi) is 3.85. The van der Waals surface area contributed by atoms with Crippen molar-refractivity contribution in [3.8, 4) is 5.75 Å². The molecule has 2 rings (SSSR count). The maximum atomic E-state index is 12.0. The van der Waals surface area contributed by atoms with Crippen LogP contribution >= 0.6 is 0 Å². The predicted molar refractivity (Wildman–Crippen MR) is 74.7 cm³/mol. The van der Waals surface area contributed by atoms with Crippen LogP contribution < -0.4 is 11.1 Å². The fourth-order valence-electron chi connectivity index (χ4n) is 2.00. The second kappa shape index (κ2) is 5.56. The van der Waals surface area contributed by atoms with E-state index < -0.39 is 5.63 Å². The van der Waals surface area contributed by atoms with E-state index in [4.69, 9.17) is 4.42 Å². The third kappa shape index (κ3) is 2.45. The van der Waals surface area contributed by atoms with Crippen LogP contribution in [0.1, 0.15) is 25.3 Å². The molecule has 0 saturated carbocycles. The summed E-state index contributed by atoms with van der Waals surface area (Å²) in [5.41, 5.74) is 3.08. The molecular weight excluding hydrogens is 244 g/mol. The molecule has 0 saturated heterocycles. The van der Waals surface area contributed by atoms with Gasteiger partial charge in [-0.25, -0.2) is 4.79 Å². The van der Waals surface area contributed by atoms with Gasteiger partial charge in [0.2, 0.25) is 0 Å². The van der Waals surface area contributed by atoms with E-state index in [-0.39, 0.29) is 11.3 Å². The number of fused-ring (bicyclic) bond motifs is 1. The highest BCUT2D eigenvalue weighted by atomic mass is 16.4. The van der Waals surface area contributed by atoms with E-state index in [1.807, 2.05) is 6.92 Å². The van der Waals surface area contributed by atoms with Crippen LogP contribution in [0.2, 0.25) is 0 Å². The number of aromatic hydroxyl groups is 1. The van der Waals surface area contributed by atoms with Gasteiger partial charge in [0, 0.05) is 7.05 Å². The number of hydrazone groups is 1. The van der Waals surface area contributed by atoms with Gasteiger partial charge in [0.15, 0.2) is 0 Å². The third-order valence-electron chi connectivity index (χ3n) is 2.81. The van der Waals surface area contributed by atoms with Gasteiger partial charge in [-0.3, -0.25) is 0 Å². The van der Waals surface area contributed by atoms with Crippen LogP contribution in [0, 0.1) is 0 Å². The first-order valence-electron chi connectivity index (χ1n) is 6.17. The number of nitrogens with one attached hydrogen (secondary N) is 1. The van der Waals surface area contributed by atoms with Crippen molar-refractivity contribution < 1.29 is 9.52 Å². The van der Waals surface area contributed by atoms with E-state index in [2.05, 4.69) is 10.5 Å². The Morgan fingerprint density at radius 2 is 2.16 bits per heavy atom. The van der Waals surface area contributed by atoms with Gasteiger partial charge in [0.25, 0.3) is 0 Å². The highest BCUT2D eigenvalue weighted by Gasteiger charge is 2.18. The molecule has 2 N–H and O–H groups in total. The van der Waals surface area contributed by atoms with Gasteiger partial charge in [-0.15, -0.1) is 0 Å². The van der Waals surface area contributed by atoms with Gasteiger partial charge < -0.3 is 14.9 Å². The normalized spacial score (nSPS) is 11.8. The Balaban J connectivity index is 2.72. The van der Waals surface area contributed by atoms with E-state index in [1.165, 1.54) is 0 Å². The summed E-state index contributed by atoms with van der Waals surface area (Å²) in [6.45, 7) is 1.98. The van der Waals surface area contributed by atoms with Crippen LogP contribution in [0.15, 0.2) is 38.6 Å². The van der Waals surface area contributed by atoms with Gasteiger partial charge in [0.1, 0.15) is 16.9 Å². The van der Waals surface area contributed by atoms with Gasteiger partial charge in [0.05, 0.1) is 11.1 Å². The Hall–Kier alpha value is -2.30. The molecule has 0 unspecified atom stereocenters. The van der Waals surface area contributed by atoms with Crippen molar-refractivity contribution in [2.24, 2.45) is 5.10 Å². The van der Waals surface area contributed by atoms with Crippen LogP contribution in [0.4, 0.5) is 0 Å². The summed E-state index contributed by atoms with van der Waals surface area (Å²) in [5, 5.41) is 14.9. The average molecular weight is 260 g/mol. The minimum atomic E-state index is -0.571. The molecule has 100 valence electrons. The Labute approximate surface area is 110 Å². The molecule has 0 aliphatic heterocycles. The Morgan fingerprint density at radius 3 is 2.84 bits per heavy atom. The lowest BCUT2D eigenvalue weighted by atomic mass is 10.0. The molecule has 0 spiro atoms. The minimum Gasteiger partial charge on any atom is -0.506 e. The summed E-state index contributed by atoms with van der Waals surface area (Å²) in [4.78, 5) is 12.0. The van der Waals surface area contributed by atoms with E-state index >= 15 is 0 Å². The van der Waals surface area contributed by atoms with E-state index in [9.17, 15) is 9.90 Å². The second-order valence-corrected chi connectivity index (χ2v) is 4.14. The summed E-state index contributed by atoms with van der Waals surface area (Å²) in [7, 11) is 1.65. The number of benzene rings is 1. The first kappa shape index (κ1) is 13.1. The molecule has 5 heteroatoms. The van der Waals surface area contributed by atoms with Gasteiger partial charge in [-0.2, -0.15) is 5.10 Å². The van der Waals surface area contributed by atoms with Crippen LogP contribution in [0.3, 0.4) is 0 Å². The van der Waals surface area contributed by atoms with Crippen LogP contribution in [-0.4, -0.2) is 17.9 Å². The lowest BCUT2D eigenvalue weighted by Gasteiger charge is -2.08. The zero-order valence-electron chi connectivity index (χ0n) is 10.9. The molecule has 1 aromatic heterocycles. The molecule has 1 heterocycles. The predicted octanol–water partition coefficient (Wildman–Crippen LogP) is 2.22. The van der Waals surface area contributed by atoms with Crippen molar-refractivity contribution in [3.05, 3.63) is 40.2 Å². The number of hydrogen-bond donors (Lipinski definition) is 2. The molecule has 0 amide bonds. The molecule has 0 fully saturated rings. The van der Waals surface area contributed by atoms with Crippen molar-refractivity contribution in [1.29, 1.82) is 0 Å². The molecule has 5 nitrogen and oxygen atoms in total. The number of hydrogen-bond acceptors (Lipinski definition) is 5. The van der Waals surface area contributed by atoms with Gasteiger partial charge in [-0.05, 0) is 18.6 Å². The van der Waals surface area contributed by atoms with Gasteiger partial charge in [-0.1, -0.05) is 25.5 Å². The van der Waals surface area contributed by atoms with Crippen molar-refractivity contribution in [2.75, 3.05) is 7.05 Å². The summed E-state index contributed by atoms with van der Waals surface area (Å²) in [5.74, 6) is -0.0747. The molecule has 19 heavy (non-hydrogen) atoms. The molecule has 2 aromatic rings. The van der Waals surface area contributed by atoms with E-state index in [0.29, 0.717) is 23.1 Å². The molecule has 1 aromatic carbocycles. The van der Waals surface area contributed by atoms with Crippen molar-refractivity contribution in [3.63, 3.8) is 0 Å². The summed E-state index contributed by atoms with van der Waals surface area (Å²) >= 11 is 0. The lowest BCUT2D eigenvalue weighted by Crippen LogP contribution is -2.17. The molecule has 0 aliphatic rings. The average Bonchev–Trinajstić information content (AvgIpc) is 2.39. The standard InChI is InChI=1S/C14H16N2O3/c1-3-6-10(16-15-2)12-13(17)9-7-4-5-8-11(9)19-14(12)18/h4-5,7-8,15,17H,3,6H2,1-2H3/b16-10-. The van der Waals surface area contributed by atoms with E-state index in [0.717, 1.165) is 6.42 Å². The van der Waals surface area contributed by atoms with Gasteiger partial charge >= 0.3 is 5.63 Å². The van der Waals surface area contributed by atoms with Crippen LogP contribution in [0.5, 0.6) is 5.75 Å². The van der Waals surface area contributed by atoms with E-state index in [1.54, 1.807) is 31.3 Å². The second-order valence-electron chi connectivity index (χ2n) is 4.14. The van der Waals surface area contributed by atoms with Crippen LogP contribution in [-0.2, 0) is 0 Å². The highest BCUT2D eigenvalue weighted by molar-refractivity contribution is 6.05. The smallest absolute Gasteiger partial charge is 0.349 e. The fraction of sp³-hybridized carbons (Fsp3) is 0.286. The Bertz CT molecular complexity index is 674. The topological polar surface area (TPSA) is 74.8 Å². The zero-order valence-corrected chi connectivity index (χ0v) is 10.9. The van der Waals surface area contributed by atoms with Crippen molar-refractivity contribution in [1.82, 2.24) is 5.43 Å². The number of para-hydroxylation sites is 1. The molecular formula is C14H16N2O3. The Morgan fingerprint density at radius 1 is 1.42 bits per heavy atom. The molecule has 0 aliphatic carbocycles. The largest absolute Gasteiger partial charge is 0.506 e. The maximum absolute atomic E-state index is 12.0. The minimum absolute atomic E-state index is 0.0747. The zero-order chi connectivity index (χ0) is 13.8. The molecule has 0 radical (unpaired) electrons.